The van der Waals surface area contributed by atoms with Crippen molar-refractivity contribution in [3.63, 3.8) is 0 Å². The van der Waals surface area contributed by atoms with E-state index in [2.05, 4.69) is 16.8 Å². The Kier molecular flexibility index (Phi) is 7.76. The van der Waals surface area contributed by atoms with Crippen LogP contribution in [0, 0.1) is 11.8 Å². The van der Waals surface area contributed by atoms with Crippen LogP contribution in [0.15, 0.2) is 60.9 Å². The summed E-state index contributed by atoms with van der Waals surface area (Å²) in [5.41, 5.74) is 2.98. The van der Waals surface area contributed by atoms with Crippen LogP contribution in [-0.2, 0) is 9.47 Å². The van der Waals surface area contributed by atoms with Crippen LogP contribution in [0.3, 0.4) is 0 Å². The highest BCUT2D eigenvalue weighted by Crippen LogP contribution is 2.23. The van der Waals surface area contributed by atoms with Gasteiger partial charge in [-0.2, -0.15) is 0 Å². The topological polar surface area (TPSA) is 86.0 Å². The molecule has 0 bridgehead atoms. The molecular weight excluding hydrogens is 420 g/mol. The second kappa shape index (κ2) is 11.1. The molecule has 1 aliphatic rings. The third-order valence-corrected chi connectivity index (χ3v) is 5.36. The van der Waals surface area contributed by atoms with Gasteiger partial charge in [0.25, 0.3) is 0 Å². The van der Waals surface area contributed by atoms with Gasteiger partial charge in [-0.25, -0.2) is 4.98 Å². The summed E-state index contributed by atoms with van der Waals surface area (Å²) < 4.78 is 18.5. The Morgan fingerprint density at radius 1 is 1.12 bits per heavy atom. The number of nitrogens with zero attached hydrogens (tertiary/aromatic N) is 2. The van der Waals surface area contributed by atoms with Crippen molar-refractivity contribution in [2.45, 2.75) is 25.2 Å². The number of hydrogen-bond acceptors (Lipinski definition) is 6. The third kappa shape index (κ3) is 6.01. The van der Waals surface area contributed by atoms with Crippen LogP contribution in [0.4, 0.5) is 0 Å². The molecule has 7 nitrogen and oxygen atoms in total. The Morgan fingerprint density at radius 3 is 2.48 bits per heavy atom. The van der Waals surface area contributed by atoms with Gasteiger partial charge in [0.1, 0.15) is 36.4 Å². The van der Waals surface area contributed by atoms with Gasteiger partial charge in [0, 0.05) is 18.0 Å². The standard InChI is InChI=1S/C26H28N2O5/c1-19(30)26-27-12-13-28(26)23(16-29)9-4-20-2-5-21(6-3-20)22-7-10-24(11-8-22)33-18-25-17-31-14-15-32-25/h2-3,5-8,10-13,19,23,25,29-30H,14-18H2,1H3. The van der Waals surface area contributed by atoms with Gasteiger partial charge < -0.3 is 29.0 Å². The molecule has 1 saturated heterocycles. The van der Waals surface area contributed by atoms with Crippen molar-refractivity contribution in [2.24, 2.45) is 0 Å². The maximum Gasteiger partial charge on any atom is 0.138 e. The van der Waals surface area contributed by atoms with Crippen LogP contribution < -0.4 is 4.74 Å². The minimum Gasteiger partial charge on any atom is -0.491 e. The van der Waals surface area contributed by atoms with Gasteiger partial charge in [-0.15, -0.1) is 0 Å². The first kappa shape index (κ1) is 23.0. The molecule has 2 N–H and O–H groups in total. The summed E-state index contributed by atoms with van der Waals surface area (Å²) >= 11 is 0. The van der Waals surface area contributed by atoms with Crippen LogP contribution in [0.1, 0.15) is 30.5 Å². The lowest BCUT2D eigenvalue weighted by Crippen LogP contribution is -2.33. The third-order valence-electron chi connectivity index (χ3n) is 5.36. The first-order valence-electron chi connectivity index (χ1n) is 11.0. The summed E-state index contributed by atoms with van der Waals surface area (Å²) in [6.45, 7) is 3.76. The van der Waals surface area contributed by atoms with Crippen LogP contribution in [0.5, 0.6) is 5.75 Å². The highest BCUT2D eigenvalue weighted by molar-refractivity contribution is 5.65. The molecule has 3 atom stereocenters. The zero-order chi connectivity index (χ0) is 23.0. The van der Waals surface area contributed by atoms with Gasteiger partial charge in [0.15, 0.2) is 0 Å². The van der Waals surface area contributed by atoms with E-state index in [1.54, 1.807) is 23.9 Å². The Balaban J connectivity index is 1.38. The van der Waals surface area contributed by atoms with Crippen molar-refractivity contribution in [2.75, 3.05) is 33.0 Å². The SMILES string of the molecule is CC(O)c1nccn1C(C#Cc1ccc(-c2ccc(OCC3COCCO3)cc2)cc1)CO. The van der Waals surface area contributed by atoms with Crippen molar-refractivity contribution in [3.8, 4) is 28.7 Å². The molecule has 3 aromatic rings. The van der Waals surface area contributed by atoms with E-state index in [0.29, 0.717) is 32.3 Å². The zero-order valence-electron chi connectivity index (χ0n) is 18.6. The molecule has 0 radical (unpaired) electrons. The Hall–Kier alpha value is -3.15. The molecule has 2 aromatic carbocycles. The molecule has 33 heavy (non-hydrogen) atoms. The summed E-state index contributed by atoms with van der Waals surface area (Å²) in [4.78, 5) is 4.14. The van der Waals surface area contributed by atoms with Crippen molar-refractivity contribution < 1.29 is 24.4 Å². The van der Waals surface area contributed by atoms with Crippen molar-refractivity contribution in [1.82, 2.24) is 9.55 Å². The van der Waals surface area contributed by atoms with Crippen LogP contribution in [0.25, 0.3) is 11.1 Å². The summed E-state index contributed by atoms with van der Waals surface area (Å²) in [6, 6.07) is 15.4. The molecule has 0 amide bonds. The Morgan fingerprint density at radius 2 is 1.85 bits per heavy atom. The molecule has 1 fully saturated rings. The summed E-state index contributed by atoms with van der Waals surface area (Å²) in [5, 5.41) is 19.6. The molecule has 0 spiro atoms. The van der Waals surface area contributed by atoms with Crippen molar-refractivity contribution >= 4 is 0 Å². The molecule has 3 unspecified atom stereocenters. The molecular formula is C26H28N2O5. The molecule has 4 rings (SSSR count). The predicted octanol–water partition coefficient (Wildman–Crippen LogP) is 2.98. The van der Waals surface area contributed by atoms with Gasteiger partial charge in [0.05, 0.1) is 26.4 Å². The van der Waals surface area contributed by atoms with Gasteiger partial charge in [0.2, 0.25) is 0 Å². The number of ether oxygens (including phenoxy) is 3. The quantitative estimate of drug-likeness (QED) is 0.541. The summed E-state index contributed by atoms with van der Waals surface area (Å²) in [7, 11) is 0. The number of rotatable bonds is 7. The molecule has 1 aromatic heterocycles. The number of aromatic nitrogens is 2. The second-order valence-electron chi connectivity index (χ2n) is 7.82. The van der Waals surface area contributed by atoms with Gasteiger partial charge >= 0.3 is 0 Å². The molecule has 1 aliphatic heterocycles. The highest BCUT2D eigenvalue weighted by atomic mass is 16.6. The van der Waals surface area contributed by atoms with E-state index >= 15 is 0 Å². The average molecular weight is 449 g/mol. The number of benzene rings is 2. The maximum absolute atomic E-state index is 9.84. The van der Waals surface area contributed by atoms with Gasteiger partial charge in [-0.3, -0.25) is 0 Å². The molecule has 172 valence electrons. The number of imidazole rings is 1. The van der Waals surface area contributed by atoms with E-state index in [1.807, 2.05) is 48.5 Å². The van der Waals surface area contributed by atoms with E-state index in [-0.39, 0.29) is 12.7 Å². The monoisotopic (exact) mass is 448 g/mol. The van der Waals surface area contributed by atoms with Crippen molar-refractivity contribution in [1.29, 1.82) is 0 Å². The van der Waals surface area contributed by atoms with Crippen LogP contribution >= 0.6 is 0 Å². The second-order valence-corrected chi connectivity index (χ2v) is 7.82. The number of hydrogen-bond donors (Lipinski definition) is 2. The van der Waals surface area contributed by atoms with E-state index in [9.17, 15) is 10.2 Å². The first-order chi connectivity index (χ1) is 16.1. The molecule has 2 heterocycles. The lowest BCUT2D eigenvalue weighted by Gasteiger charge is -2.22. The number of aliphatic hydroxyl groups excluding tert-OH is 2. The van der Waals surface area contributed by atoms with E-state index < -0.39 is 12.1 Å². The van der Waals surface area contributed by atoms with Gasteiger partial charge in [-0.05, 0) is 42.3 Å². The lowest BCUT2D eigenvalue weighted by molar-refractivity contribution is -0.101. The van der Waals surface area contributed by atoms with Crippen LogP contribution in [0.2, 0.25) is 0 Å². The fraction of sp³-hybridized carbons (Fsp3) is 0.346. The van der Waals surface area contributed by atoms with Crippen LogP contribution in [-0.4, -0.2) is 58.9 Å². The average Bonchev–Trinajstić information content (AvgIpc) is 3.35. The Labute approximate surface area is 193 Å². The highest BCUT2D eigenvalue weighted by Gasteiger charge is 2.16. The first-order valence-corrected chi connectivity index (χ1v) is 11.0. The van der Waals surface area contributed by atoms with Crippen molar-refractivity contribution in [3.05, 3.63) is 72.3 Å². The maximum atomic E-state index is 9.84. The predicted molar refractivity (Wildman–Crippen MR) is 124 cm³/mol. The smallest absolute Gasteiger partial charge is 0.138 e. The fourth-order valence-corrected chi connectivity index (χ4v) is 3.59. The molecule has 0 aliphatic carbocycles. The Bertz CT molecular complexity index is 1070. The zero-order valence-corrected chi connectivity index (χ0v) is 18.6. The minimum absolute atomic E-state index is 0.0232. The fourth-order valence-electron chi connectivity index (χ4n) is 3.59. The molecule has 0 saturated carbocycles. The van der Waals surface area contributed by atoms with E-state index in [1.165, 1.54) is 0 Å². The minimum atomic E-state index is -0.735. The van der Waals surface area contributed by atoms with Gasteiger partial charge in [-0.1, -0.05) is 36.1 Å². The molecule has 7 heteroatoms. The summed E-state index contributed by atoms with van der Waals surface area (Å²) in [6.07, 6.45) is 2.55. The normalized spacial score (nSPS) is 17.6. The summed E-state index contributed by atoms with van der Waals surface area (Å²) in [5.74, 6) is 7.44. The van der Waals surface area contributed by atoms with E-state index in [0.717, 1.165) is 22.4 Å². The number of aliphatic hydroxyl groups is 2. The lowest BCUT2D eigenvalue weighted by atomic mass is 10.0. The largest absolute Gasteiger partial charge is 0.491 e. The van der Waals surface area contributed by atoms with E-state index in [4.69, 9.17) is 14.2 Å².